The predicted molar refractivity (Wildman–Crippen MR) is 106 cm³/mol. The zero-order valence-electron chi connectivity index (χ0n) is 16.4. The molecule has 5 rings (SSSR count). The van der Waals surface area contributed by atoms with Gasteiger partial charge in [0.15, 0.2) is 33.0 Å². The number of alkyl halides is 2. The second-order valence-corrected chi connectivity index (χ2v) is 9.26. The molecule has 2 aliphatic heterocycles. The molecule has 0 aliphatic carbocycles. The van der Waals surface area contributed by atoms with E-state index in [1.807, 2.05) is 0 Å². The SMILES string of the molecule is CCS(=O)(=O)c1ccc(-c2ncccn2)nc1N1Cc2cc3c(cc2C1=O)OC(F)(F)O3. The minimum absolute atomic E-state index is 0.0886. The van der Waals surface area contributed by atoms with Gasteiger partial charge in [0.2, 0.25) is 0 Å². The van der Waals surface area contributed by atoms with Crippen molar-refractivity contribution in [2.75, 3.05) is 10.7 Å². The number of aromatic nitrogens is 3. The van der Waals surface area contributed by atoms with Crippen molar-refractivity contribution in [3.63, 3.8) is 0 Å². The van der Waals surface area contributed by atoms with Crippen LogP contribution in [-0.4, -0.2) is 41.3 Å². The van der Waals surface area contributed by atoms with Crippen LogP contribution < -0.4 is 14.4 Å². The molecule has 0 unspecified atom stereocenters. The minimum Gasteiger partial charge on any atom is -0.395 e. The van der Waals surface area contributed by atoms with Crippen molar-refractivity contribution >= 4 is 21.6 Å². The van der Waals surface area contributed by atoms with Gasteiger partial charge in [0.1, 0.15) is 10.6 Å². The van der Waals surface area contributed by atoms with Gasteiger partial charge < -0.3 is 9.47 Å². The Morgan fingerprint density at radius 1 is 1.12 bits per heavy atom. The van der Waals surface area contributed by atoms with Gasteiger partial charge in [-0.1, -0.05) is 6.92 Å². The molecular formula is C20H14F2N4O5S. The first-order valence-electron chi connectivity index (χ1n) is 9.44. The normalized spacial score (nSPS) is 16.3. The number of halogens is 2. The Hall–Kier alpha value is -3.67. The highest BCUT2D eigenvalue weighted by Crippen LogP contribution is 2.45. The van der Waals surface area contributed by atoms with Gasteiger partial charge in [-0.3, -0.25) is 9.69 Å². The van der Waals surface area contributed by atoms with E-state index in [1.165, 1.54) is 42.4 Å². The number of carbonyl (C=O) groups excluding carboxylic acids is 1. The fourth-order valence-corrected chi connectivity index (χ4v) is 4.53. The molecule has 32 heavy (non-hydrogen) atoms. The van der Waals surface area contributed by atoms with Gasteiger partial charge in [-0.15, -0.1) is 8.78 Å². The fourth-order valence-electron chi connectivity index (χ4n) is 3.51. The lowest BCUT2D eigenvalue weighted by Gasteiger charge is -2.19. The standard InChI is InChI=1S/C20H14F2N4O5S/c1-2-32(28,29)16-5-4-13(17-23-6-3-7-24-17)25-18(16)26-10-11-8-14-15(9-12(11)19(26)27)31-20(21,22)30-14/h3-9H,2,10H2,1H3. The number of sulfone groups is 1. The summed E-state index contributed by atoms with van der Waals surface area (Å²) in [5.41, 5.74) is 0.735. The number of ether oxygens (including phenoxy) is 2. The highest BCUT2D eigenvalue weighted by atomic mass is 32.2. The molecule has 3 aromatic rings. The third kappa shape index (κ3) is 3.23. The van der Waals surface area contributed by atoms with E-state index in [4.69, 9.17) is 0 Å². The summed E-state index contributed by atoms with van der Waals surface area (Å²) in [6.45, 7) is 1.39. The number of fused-ring (bicyclic) bond motifs is 2. The molecule has 0 bridgehead atoms. The summed E-state index contributed by atoms with van der Waals surface area (Å²) in [5.74, 6) is -1.13. The van der Waals surface area contributed by atoms with E-state index in [-0.39, 0.29) is 51.6 Å². The number of pyridine rings is 1. The van der Waals surface area contributed by atoms with Crippen molar-refractivity contribution in [2.45, 2.75) is 24.7 Å². The molecule has 9 nitrogen and oxygen atoms in total. The van der Waals surface area contributed by atoms with E-state index in [0.717, 1.165) is 6.07 Å². The highest BCUT2D eigenvalue weighted by Gasteiger charge is 2.45. The summed E-state index contributed by atoms with van der Waals surface area (Å²) in [4.78, 5) is 26.8. The van der Waals surface area contributed by atoms with E-state index in [1.54, 1.807) is 6.07 Å². The Morgan fingerprint density at radius 3 is 2.50 bits per heavy atom. The zero-order valence-corrected chi connectivity index (χ0v) is 17.3. The van der Waals surface area contributed by atoms with E-state index in [0.29, 0.717) is 5.56 Å². The average Bonchev–Trinajstić information content (AvgIpc) is 3.26. The lowest BCUT2D eigenvalue weighted by atomic mass is 10.1. The fraction of sp³-hybridized carbons (Fsp3) is 0.200. The Bertz CT molecular complexity index is 1370. The van der Waals surface area contributed by atoms with E-state index in [2.05, 4.69) is 24.4 Å². The number of hydrogen-bond acceptors (Lipinski definition) is 8. The zero-order chi connectivity index (χ0) is 22.7. The molecule has 12 heteroatoms. The van der Waals surface area contributed by atoms with Gasteiger partial charge in [0.25, 0.3) is 5.91 Å². The van der Waals surface area contributed by atoms with E-state index in [9.17, 15) is 22.0 Å². The summed E-state index contributed by atoms with van der Waals surface area (Å²) in [5, 5.41) is 0. The van der Waals surface area contributed by atoms with E-state index < -0.39 is 22.0 Å². The molecular weight excluding hydrogens is 446 g/mol. The quantitative estimate of drug-likeness (QED) is 0.584. The maximum Gasteiger partial charge on any atom is 0.586 e. The molecule has 0 N–H and O–H groups in total. The molecule has 0 fully saturated rings. The third-order valence-corrected chi connectivity index (χ3v) is 6.78. The maximum absolute atomic E-state index is 13.4. The van der Waals surface area contributed by atoms with Gasteiger partial charge in [0.05, 0.1) is 12.3 Å². The Morgan fingerprint density at radius 2 is 1.81 bits per heavy atom. The van der Waals surface area contributed by atoms with Crippen LogP contribution in [0.1, 0.15) is 22.8 Å². The molecule has 4 heterocycles. The molecule has 0 radical (unpaired) electrons. The Balaban J connectivity index is 1.61. The molecule has 0 saturated carbocycles. The summed E-state index contributed by atoms with van der Waals surface area (Å²) in [6.07, 6.45) is -0.794. The van der Waals surface area contributed by atoms with Crippen LogP contribution in [0.5, 0.6) is 11.5 Å². The topological polar surface area (TPSA) is 112 Å². The molecule has 2 aromatic heterocycles. The first-order valence-corrected chi connectivity index (χ1v) is 11.1. The van der Waals surface area contributed by atoms with Crippen molar-refractivity contribution in [3.05, 3.63) is 53.9 Å². The molecule has 2 aliphatic rings. The number of amides is 1. The molecule has 0 saturated heterocycles. The van der Waals surface area contributed by atoms with Crippen LogP contribution in [0.2, 0.25) is 0 Å². The monoisotopic (exact) mass is 460 g/mol. The summed E-state index contributed by atoms with van der Waals surface area (Å²) in [6, 6.07) is 6.88. The van der Waals surface area contributed by atoms with Crippen LogP contribution in [0.4, 0.5) is 14.6 Å². The van der Waals surface area contributed by atoms with Gasteiger partial charge >= 0.3 is 6.29 Å². The summed E-state index contributed by atoms with van der Waals surface area (Å²) in [7, 11) is -3.75. The van der Waals surface area contributed by atoms with Crippen molar-refractivity contribution in [1.29, 1.82) is 0 Å². The number of anilines is 1. The van der Waals surface area contributed by atoms with Gasteiger partial charge in [-0.25, -0.2) is 23.4 Å². The first kappa shape index (κ1) is 20.2. The van der Waals surface area contributed by atoms with Gasteiger partial charge in [0, 0.05) is 18.0 Å². The van der Waals surface area contributed by atoms with Crippen molar-refractivity contribution in [3.8, 4) is 23.0 Å². The van der Waals surface area contributed by atoms with Crippen LogP contribution in [0, 0.1) is 0 Å². The van der Waals surface area contributed by atoms with Crippen LogP contribution in [0.3, 0.4) is 0 Å². The Labute approximate surface area is 180 Å². The second kappa shape index (κ2) is 6.92. The summed E-state index contributed by atoms with van der Waals surface area (Å²) < 4.78 is 61.0. The van der Waals surface area contributed by atoms with Crippen molar-refractivity contribution < 1.29 is 31.5 Å². The molecule has 164 valence electrons. The molecule has 1 aromatic carbocycles. The van der Waals surface area contributed by atoms with Crippen LogP contribution in [-0.2, 0) is 16.4 Å². The lowest BCUT2D eigenvalue weighted by molar-refractivity contribution is -0.286. The van der Waals surface area contributed by atoms with Crippen LogP contribution in [0.25, 0.3) is 11.5 Å². The maximum atomic E-state index is 13.4. The second-order valence-electron chi connectivity index (χ2n) is 7.01. The first-order chi connectivity index (χ1) is 15.2. The van der Waals surface area contributed by atoms with Crippen molar-refractivity contribution in [2.24, 2.45) is 0 Å². The number of nitrogens with zero attached hydrogens (tertiary/aromatic N) is 4. The smallest absolute Gasteiger partial charge is 0.395 e. The lowest BCUT2D eigenvalue weighted by Crippen LogP contribution is -2.27. The number of benzene rings is 1. The number of carbonyl (C=O) groups is 1. The number of rotatable bonds is 4. The van der Waals surface area contributed by atoms with Crippen molar-refractivity contribution in [1.82, 2.24) is 15.0 Å². The van der Waals surface area contributed by atoms with Crippen LogP contribution in [0.15, 0.2) is 47.6 Å². The minimum atomic E-state index is -3.81. The average molecular weight is 460 g/mol. The van der Waals surface area contributed by atoms with Crippen LogP contribution >= 0.6 is 0 Å². The number of hydrogen-bond donors (Lipinski definition) is 0. The largest absolute Gasteiger partial charge is 0.586 e. The molecule has 1 amide bonds. The Kier molecular flexibility index (Phi) is 4.38. The predicted octanol–water partition coefficient (Wildman–Crippen LogP) is 2.81. The van der Waals surface area contributed by atoms with Gasteiger partial charge in [-0.2, -0.15) is 0 Å². The molecule has 0 atom stereocenters. The third-order valence-electron chi connectivity index (χ3n) is 5.04. The molecule has 0 spiro atoms. The van der Waals surface area contributed by atoms with E-state index >= 15 is 0 Å². The van der Waals surface area contributed by atoms with Gasteiger partial charge in [-0.05, 0) is 35.9 Å². The highest BCUT2D eigenvalue weighted by molar-refractivity contribution is 7.91. The summed E-state index contributed by atoms with van der Waals surface area (Å²) >= 11 is 0.